The fourth-order valence-corrected chi connectivity index (χ4v) is 17.3. The summed E-state index contributed by atoms with van der Waals surface area (Å²) in [6, 6.07) is 0. The molecule has 0 aromatic heterocycles. The molecule has 0 aliphatic rings. The predicted octanol–water partition coefficient (Wildman–Crippen LogP) is 3.15. The van der Waals surface area contributed by atoms with E-state index in [9.17, 15) is 0 Å². The fraction of sp³-hybridized carbons (Fsp3) is 1.00. The fourth-order valence-electron chi connectivity index (χ4n) is 1.52. The maximum absolute atomic E-state index is 6.08. The molecular formula is C14H34O3Sn2. The number of rotatable bonds is 13. The summed E-state index contributed by atoms with van der Waals surface area (Å²) in [6.07, 6.45) is 4.82. The van der Waals surface area contributed by atoms with Gasteiger partial charge >= 0.3 is 140 Å². The van der Waals surface area contributed by atoms with Gasteiger partial charge < -0.3 is 0 Å². The van der Waals surface area contributed by atoms with Gasteiger partial charge in [-0.1, -0.05) is 0 Å². The Morgan fingerprint density at radius 2 is 1.63 bits per heavy atom. The van der Waals surface area contributed by atoms with Gasteiger partial charge in [0.05, 0.1) is 0 Å². The molecule has 0 amide bonds. The first-order valence-corrected chi connectivity index (χ1v) is 16.2. The molecule has 0 saturated carbocycles. The van der Waals surface area contributed by atoms with Crippen LogP contribution in [-0.2, 0) is 7.56 Å². The summed E-state index contributed by atoms with van der Waals surface area (Å²) in [5, 5.41) is 0. The molecule has 0 aliphatic heterocycles. The van der Waals surface area contributed by atoms with Crippen LogP contribution in [0.3, 0.4) is 0 Å². The van der Waals surface area contributed by atoms with Crippen molar-refractivity contribution in [3.63, 3.8) is 0 Å². The third-order valence-electron chi connectivity index (χ3n) is 2.97. The molecule has 116 valence electrons. The van der Waals surface area contributed by atoms with Crippen molar-refractivity contribution < 1.29 is 7.56 Å². The van der Waals surface area contributed by atoms with Gasteiger partial charge in [-0.2, -0.15) is 0 Å². The topological polar surface area (TPSA) is 27.7 Å². The van der Waals surface area contributed by atoms with E-state index in [1.165, 1.54) is 17.3 Å². The summed E-state index contributed by atoms with van der Waals surface area (Å²) in [6.45, 7) is 13.0. The standard InChI is InChI=1S/2C5H11O.C4H9.O.2Sn.3H/c2*1-5(2)3-4-6;1-3-4-2;;;;;;/h2*5H,3-4H2,1-2H3;1,3-4H2,2H3;;;;;;/q2*-1;;;2*+1;;;. The SMILES string of the molecule is CCC[CH2][SnH]([O]CCC(C)C)[O][SnH2][O]CCC(C)C. The molecule has 0 aromatic carbocycles. The summed E-state index contributed by atoms with van der Waals surface area (Å²) >= 11 is -3.54. The molecular weight excluding hydrogens is 454 g/mol. The molecule has 0 aromatic rings. The van der Waals surface area contributed by atoms with E-state index in [-0.39, 0.29) is 0 Å². The first-order valence-electron chi connectivity index (χ1n) is 7.87. The molecule has 1 atom stereocenters. The Bertz CT molecular complexity index is 190. The molecule has 5 heteroatoms. The number of unbranched alkanes of at least 4 members (excludes halogenated alkanes) is 1. The Kier molecular flexibility index (Phi) is 15.5. The van der Waals surface area contributed by atoms with Crippen molar-refractivity contribution in [2.45, 2.75) is 64.7 Å². The number of hydrogen-bond donors (Lipinski definition) is 0. The van der Waals surface area contributed by atoms with E-state index in [1.54, 1.807) is 0 Å². The van der Waals surface area contributed by atoms with E-state index in [1.807, 2.05) is 0 Å². The van der Waals surface area contributed by atoms with Gasteiger partial charge in [0.2, 0.25) is 0 Å². The monoisotopic (exact) mass is 490 g/mol. The van der Waals surface area contributed by atoms with Crippen LogP contribution in [0.15, 0.2) is 0 Å². The predicted molar refractivity (Wildman–Crippen MR) is 87.3 cm³/mol. The molecule has 3 nitrogen and oxygen atoms in total. The van der Waals surface area contributed by atoms with Crippen molar-refractivity contribution in [3.8, 4) is 0 Å². The zero-order chi connectivity index (χ0) is 14.5. The molecule has 0 spiro atoms. The van der Waals surface area contributed by atoms with Crippen LogP contribution in [0, 0.1) is 11.8 Å². The second kappa shape index (κ2) is 14.4. The summed E-state index contributed by atoms with van der Waals surface area (Å²) in [7, 11) is 0. The first-order chi connectivity index (χ1) is 9.06. The Morgan fingerprint density at radius 1 is 1.00 bits per heavy atom. The Hall–Kier alpha value is 1.48. The molecule has 0 bridgehead atoms. The summed E-state index contributed by atoms with van der Waals surface area (Å²) in [5.74, 6) is 1.46. The van der Waals surface area contributed by atoms with Crippen LogP contribution in [0.5, 0.6) is 0 Å². The van der Waals surface area contributed by atoms with Crippen LogP contribution in [0.4, 0.5) is 0 Å². The second-order valence-corrected chi connectivity index (χ2v) is 20.2. The van der Waals surface area contributed by atoms with Gasteiger partial charge in [0, 0.05) is 0 Å². The Labute approximate surface area is 139 Å². The Morgan fingerprint density at radius 3 is 2.21 bits per heavy atom. The van der Waals surface area contributed by atoms with Crippen molar-refractivity contribution in [1.29, 1.82) is 0 Å². The van der Waals surface area contributed by atoms with E-state index in [2.05, 4.69) is 34.6 Å². The third kappa shape index (κ3) is 15.7. The van der Waals surface area contributed by atoms with Gasteiger partial charge in [0.1, 0.15) is 0 Å². The van der Waals surface area contributed by atoms with Crippen molar-refractivity contribution in [3.05, 3.63) is 0 Å². The van der Waals surface area contributed by atoms with Crippen molar-refractivity contribution in [2.75, 3.05) is 13.2 Å². The first kappa shape index (κ1) is 20.5. The third-order valence-corrected chi connectivity index (χ3v) is 19.7. The molecule has 0 radical (unpaired) electrons. The second-order valence-electron chi connectivity index (χ2n) is 6.00. The van der Waals surface area contributed by atoms with Gasteiger partial charge in [-0.3, -0.25) is 0 Å². The molecule has 0 fully saturated rings. The van der Waals surface area contributed by atoms with E-state index in [0.29, 0.717) is 0 Å². The van der Waals surface area contributed by atoms with Gasteiger partial charge in [0.15, 0.2) is 0 Å². The van der Waals surface area contributed by atoms with Crippen LogP contribution < -0.4 is 0 Å². The van der Waals surface area contributed by atoms with Crippen LogP contribution >= 0.6 is 0 Å². The molecule has 0 heterocycles. The Balaban J connectivity index is 3.66. The van der Waals surface area contributed by atoms with Crippen molar-refractivity contribution in [1.82, 2.24) is 0 Å². The van der Waals surface area contributed by atoms with Crippen LogP contribution in [0.25, 0.3) is 0 Å². The van der Waals surface area contributed by atoms with E-state index >= 15 is 0 Å². The average Bonchev–Trinajstić information content (AvgIpc) is 2.33. The quantitative estimate of drug-likeness (QED) is 0.295. The molecule has 0 saturated heterocycles. The van der Waals surface area contributed by atoms with Crippen LogP contribution in [0.1, 0.15) is 60.3 Å². The van der Waals surface area contributed by atoms with E-state index in [4.69, 9.17) is 7.56 Å². The molecule has 19 heavy (non-hydrogen) atoms. The zero-order valence-corrected chi connectivity index (χ0v) is 20.9. The summed E-state index contributed by atoms with van der Waals surface area (Å²) in [5.41, 5.74) is 0. The van der Waals surface area contributed by atoms with E-state index in [0.717, 1.165) is 37.9 Å². The normalized spacial score (nSPS) is 14.1. The van der Waals surface area contributed by atoms with Gasteiger partial charge in [-0.05, 0) is 0 Å². The molecule has 0 rings (SSSR count). The van der Waals surface area contributed by atoms with E-state index < -0.39 is 42.6 Å². The minimum absolute atomic E-state index is 0.726. The molecule has 0 N–H and O–H groups in total. The summed E-state index contributed by atoms with van der Waals surface area (Å²) < 4.78 is 19.1. The summed E-state index contributed by atoms with van der Waals surface area (Å²) in [4.78, 5) is 0. The van der Waals surface area contributed by atoms with Gasteiger partial charge in [-0.15, -0.1) is 0 Å². The van der Waals surface area contributed by atoms with Crippen LogP contribution in [-0.4, -0.2) is 55.8 Å². The minimum atomic E-state index is -2.13. The average molecular weight is 488 g/mol. The molecule has 0 aliphatic carbocycles. The van der Waals surface area contributed by atoms with Crippen LogP contribution in [0.2, 0.25) is 4.44 Å². The van der Waals surface area contributed by atoms with Crippen molar-refractivity contribution >= 4 is 42.6 Å². The maximum atomic E-state index is 6.08. The zero-order valence-electron chi connectivity index (χ0n) is 13.6. The van der Waals surface area contributed by atoms with Gasteiger partial charge in [-0.25, -0.2) is 0 Å². The van der Waals surface area contributed by atoms with Crippen molar-refractivity contribution in [2.24, 2.45) is 11.8 Å². The van der Waals surface area contributed by atoms with Gasteiger partial charge in [0.25, 0.3) is 0 Å². The molecule has 1 unspecified atom stereocenters. The number of hydrogen-bond acceptors (Lipinski definition) is 3.